The SMILES string of the molecule is CC1(C)CN(c2ccc(C=O)o2)CC(CO)O1. The lowest BCUT2D eigenvalue weighted by Gasteiger charge is -2.42. The Kier molecular flexibility index (Phi) is 3.22. The summed E-state index contributed by atoms with van der Waals surface area (Å²) in [6, 6.07) is 3.40. The summed E-state index contributed by atoms with van der Waals surface area (Å²) in [4.78, 5) is 12.6. The molecule has 1 aromatic heterocycles. The number of morpholine rings is 1. The van der Waals surface area contributed by atoms with E-state index in [1.807, 2.05) is 18.7 Å². The van der Waals surface area contributed by atoms with Gasteiger partial charge in [-0.3, -0.25) is 4.79 Å². The first-order valence-corrected chi connectivity index (χ1v) is 5.63. The third-order valence-corrected chi connectivity index (χ3v) is 2.73. The third kappa shape index (κ3) is 2.68. The van der Waals surface area contributed by atoms with E-state index in [0.717, 1.165) is 0 Å². The Bertz CT molecular complexity index is 399. The number of aliphatic hydroxyl groups excluding tert-OH is 1. The van der Waals surface area contributed by atoms with Gasteiger partial charge in [0.05, 0.1) is 18.3 Å². The molecule has 5 nitrogen and oxygen atoms in total. The zero-order chi connectivity index (χ0) is 12.5. The third-order valence-electron chi connectivity index (χ3n) is 2.73. The van der Waals surface area contributed by atoms with Crippen molar-refractivity contribution < 1.29 is 19.1 Å². The Morgan fingerprint density at radius 2 is 2.35 bits per heavy atom. The lowest BCUT2D eigenvalue weighted by molar-refractivity contribution is -0.101. The second-order valence-corrected chi connectivity index (χ2v) is 4.86. The van der Waals surface area contributed by atoms with E-state index in [1.54, 1.807) is 12.1 Å². The van der Waals surface area contributed by atoms with E-state index in [1.165, 1.54) is 0 Å². The molecule has 0 bridgehead atoms. The molecule has 1 N–H and O–H groups in total. The molecule has 1 saturated heterocycles. The second kappa shape index (κ2) is 4.50. The van der Waals surface area contributed by atoms with Crippen LogP contribution in [0.3, 0.4) is 0 Å². The average Bonchev–Trinajstić information content (AvgIpc) is 2.75. The van der Waals surface area contributed by atoms with Gasteiger partial charge in [-0.25, -0.2) is 0 Å². The minimum absolute atomic E-state index is 0.0266. The van der Waals surface area contributed by atoms with Crippen LogP contribution in [0.5, 0.6) is 0 Å². The highest BCUT2D eigenvalue weighted by Crippen LogP contribution is 2.27. The topological polar surface area (TPSA) is 62.9 Å². The van der Waals surface area contributed by atoms with Gasteiger partial charge in [0.1, 0.15) is 0 Å². The van der Waals surface area contributed by atoms with Crippen molar-refractivity contribution in [3.63, 3.8) is 0 Å². The van der Waals surface area contributed by atoms with Gasteiger partial charge in [0.15, 0.2) is 17.9 Å². The molecule has 0 aromatic carbocycles. The fraction of sp³-hybridized carbons (Fsp3) is 0.583. The molecule has 94 valence electrons. The molecule has 0 saturated carbocycles. The summed E-state index contributed by atoms with van der Waals surface area (Å²) in [7, 11) is 0. The molecule has 0 spiro atoms. The fourth-order valence-corrected chi connectivity index (χ4v) is 2.13. The lowest BCUT2D eigenvalue weighted by Crippen LogP contribution is -2.53. The maximum Gasteiger partial charge on any atom is 0.196 e. The second-order valence-electron chi connectivity index (χ2n) is 4.86. The zero-order valence-electron chi connectivity index (χ0n) is 10.0. The summed E-state index contributed by atoms with van der Waals surface area (Å²) in [5.74, 6) is 0.951. The highest BCUT2D eigenvalue weighted by atomic mass is 16.5. The van der Waals surface area contributed by atoms with E-state index < -0.39 is 0 Å². The first-order valence-electron chi connectivity index (χ1n) is 5.63. The molecule has 1 aromatic rings. The molecule has 0 amide bonds. The Hall–Kier alpha value is -1.33. The van der Waals surface area contributed by atoms with Crippen LogP contribution >= 0.6 is 0 Å². The minimum Gasteiger partial charge on any atom is -0.438 e. The van der Waals surface area contributed by atoms with Crippen molar-refractivity contribution in [2.75, 3.05) is 24.6 Å². The van der Waals surface area contributed by atoms with Gasteiger partial charge in [0.2, 0.25) is 0 Å². The van der Waals surface area contributed by atoms with Crippen LogP contribution in [0, 0.1) is 0 Å². The van der Waals surface area contributed by atoms with Crippen LogP contribution in [0.2, 0.25) is 0 Å². The van der Waals surface area contributed by atoms with Crippen molar-refractivity contribution in [3.8, 4) is 0 Å². The number of nitrogens with zero attached hydrogens (tertiary/aromatic N) is 1. The Labute approximate surface area is 100.0 Å². The number of carbonyl (C=O) groups is 1. The van der Waals surface area contributed by atoms with Crippen LogP contribution in [0.1, 0.15) is 24.4 Å². The van der Waals surface area contributed by atoms with E-state index >= 15 is 0 Å². The highest BCUT2D eigenvalue weighted by molar-refractivity contribution is 5.71. The highest BCUT2D eigenvalue weighted by Gasteiger charge is 2.34. The van der Waals surface area contributed by atoms with Crippen LogP contribution in [0.4, 0.5) is 5.88 Å². The zero-order valence-corrected chi connectivity index (χ0v) is 10.0. The van der Waals surface area contributed by atoms with Gasteiger partial charge < -0.3 is 19.2 Å². The van der Waals surface area contributed by atoms with Crippen LogP contribution in [-0.2, 0) is 4.74 Å². The fourth-order valence-electron chi connectivity index (χ4n) is 2.13. The summed E-state index contributed by atoms with van der Waals surface area (Å²) < 4.78 is 11.1. The predicted octanol–water partition coefficient (Wildman–Crippen LogP) is 1.07. The molecule has 5 heteroatoms. The van der Waals surface area contributed by atoms with E-state index in [4.69, 9.17) is 9.15 Å². The average molecular weight is 239 g/mol. The molecular weight excluding hydrogens is 222 g/mol. The van der Waals surface area contributed by atoms with Gasteiger partial charge in [-0.2, -0.15) is 0 Å². The van der Waals surface area contributed by atoms with Crippen molar-refractivity contribution in [1.82, 2.24) is 0 Å². The molecular formula is C12H17NO4. The molecule has 1 aliphatic heterocycles. The van der Waals surface area contributed by atoms with E-state index in [2.05, 4.69) is 0 Å². The van der Waals surface area contributed by atoms with Crippen LogP contribution < -0.4 is 4.90 Å². The number of aldehydes is 1. The molecule has 0 radical (unpaired) electrons. The van der Waals surface area contributed by atoms with Crippen molar-refractivity contribution in [3.05, 3.63) is 17.9 Å². The van der Waals surface area contributed by atoms with Crippen molar-refractivity contribution in [2.24, 2.45) is 0 Å². The maximum absolute atomic E-state index is 10.6. The summed E-state index contributed by atoms with van der Waals surface area (Å²) >= 11 is 0. The van der Waals surface area contributed by atoms with Crippen molar-refractivity contribution in [2.45, 2.75) is 25.6 Å². The number of hydrogen-bond donors (Lipinski definition) is 1. The van der Waals surface area contributed by atoms with Crippen LogP contribution in [0.25, 0.3) is 0 Å². The van der Waals surface area contributed by atoms with Gasteiger partial charge >= 0.3 is 0 Å². The van der Waals surface area contributed by atoms with Gasteiger partial charge in [-0.1, -0.05) is 0 Å². The molecule has 2 rings (SSSR count). The van der Waals surface area contributed by atoms with Crippen molar-refractivity contribution >= 4 is 12.2 Å². The van der Waals surface area contributed by atoms with Gasteiger partial charge in [-0.15, -0.1) is 0 Å². The number of aliphatic hydroxyl groups is 1. The summed E-state index contributed by atoms with van der Waals surface area (Å²) in [6.07, 6.45) is 0.446. The van der Waals surface area contributed by atoms with E-state index in [0.29, 0.717) is 31.0 Å². The quantitative estimate of drug-likeness (QED) is 0.799. The summed E-state index contributed by atoms with van der Waals surface area (Å²) in [5, 5.41) is 9.20. The number of hydrogen-bond acceptors (Lipinski definition) is 5. The molecule has 17 heavy (non-hydrogen) atoms. The largest absolute Gasteiger partial charge is 0.438 e. The van der Waals surface area contributed by atoms with Crippen molar-refractivity contribution in [1.29, 1.82) is 0 Å². The molecule has 1 atom stereocenters. The van der Waals surface area contributed by atoms with Gasteiger partial charge in [0.25, 0.3) is 0 Å². The molecule has 1 aliphatic rings. The first-order chi connectivity index (χ1) is 8.04. The Morgan fingerprint density at radius 1 is 1.59 bits per heavy atom. The van der Waals surface area contributed by atoms with Crippen LogP contribution in [-0.4, -0.2) is 42.8 Å². The Balaban J connectivity index is 2.17. The van der Waals surface area contributed by atoms with Gasteiger partial charge in [0, 0.05) is 19.2 Å². The van der Waals surface area contributed by atoms with E-state index in [-0.39, 0.29) is 18.3 Å². The number of carbonyl (C=O) groups excluding carboxylic acids is 1. The first kappa shape index (κ1) is 12.1. The molecule has 0 aliphatic carbocycles. The maximum atomic E-state index is 10.6. The monoisotopic (exact) mass is 239 g/mol. The number of furan rings is 1. The predicted molar refractivity (Wildman–Crippen MR) is 62.3 cm³/mol. The smallest absolute Gasteiger partial charge is 0.196 e. The number of ether oxygens (including phenoxy) is 1. The molecule has 2 heterocycles. The van der Waals surface area contributed by atoms with Gasteiger partial charge in [-0.05, 0) is 19.9 Å². The summed E-state index contributed by atoms with van der Waals surface area (Å²) in [5.41, 5.74) is -0.347. The number of rotatable bonds is 3. The van der Waals surface area contributed by atoms with Crippen LogP contribution in [0.15, 0.2) is 16.5 Å². The van der Waals surface area contributed by atoms with E-state index in [9.17, 15) is 9.90 Å². The molecule has 1 fully saturated rings. The summed E-state index contributed by atoms with van der Waals surface area (Å²) in [6.45, 7) is 5.12. The molecule has 1 unspecified atom stereocenters. The number of anilines is 1. The normalized spacial score (nSPS) is 23.7. The lowest BCUT2D eigenvalue weighted by atomic mass is 10.1. The minimum atomic E-state index is -0.347. The standard InChI is InChI=1S/C12H17NO4/c1-12(2)8-13(5-10(7-15)17-12)11-4-3-9(6-14)16-11/h3-4,6,10,15H,5,7-8H2,1-2H3. The Morgan fingerprint density at radius 3 is 2.94 bits per heavy atom.